The molecule has 10 heteroatoms. The molecule has 4 nitrogen and oxygen atoms in total. The van der Waals surface area contributed by atoms with Gasteiger partial charge in [-0.3, -0.25) is 0 Å². The van der Waals surface area contributed by atoms with Gasteiger partial charge in [0.2, 0.25) is 0 Å². The zero-order valence-corrected chi connectivity index (χ0v) is 20.1. The maximum atomic E-state index is 4.59. The van der Waals surface area contributed by atoms with Crippen LogP contribution >= 0.6 is 74.4 Å². The number of hydrogen-bond donors (Lipinski definition) is 0. The van der Waals surface area contributed by atoms with Crippen LogP contribution in [0.25, 0.3) is 0 Å². The second-order valence-corrected chi connectivity index (χ2v) is 5.76. The molecule has 160 valence electrons. The van der Waals surface area contributed by atoms with Crippen molar-refractivity contribution in [1.82, 2.24) is 0 Å². The third-order valence-electron chi connectivity index (χ3n) is 3.92. The summed E-state index contributed by atoms with van der Waals surface area (Å²) in [5.41, 5.74) is 7.15. The SMILES string of the molecule is C1=CC2=NC1=CC1=NC(=CC3=NC(=CC4=NC(=C2)C=C4)C=C3)C=C1.Cl.Cl.Cl.Cl.Cl.Cl. The largest absolute Gasteiger partial charge is 0.249 e. The minimum Gasteiger partial charge on any atom is -0.249 e. The first kappa shape index (κ1) is 30.5. The maximum absolute atomic E-state index is 4.59. The van der Waals surface area contributed by atoms with E-state index in [2.05, 4.69) is 20.0 Å². The smallest absolute Gasteiger partial charge is 0.0659 e. The highest BCUT2D eigenvalue weighted by Crippen LogP contribution is 2.20. The van der Waals surface area contributed by atoms with Gasteiger partial charge in [-0.15, -0.1) is 74.4 Å². The first-order chi connectivity index (χ1) is 11.8. The Hall–Kier alpha value is -1.66. The second kappa shape index (κ2) is 12.9. The predicted molar refractivity (Wildman–Crippen MR) is 142 cm³/mol. The Kier molecular flexibility index (Phi) is 13.1. The number of fused-ring (bicyclic) bond motifs is 4. The van der Waals surface area contributed by atoms with Crippen LogP contribution in [-0.2, 0) is 0 Å². The maximum Gasteiger partial charge on any atom is 0.0659 e. The Morgan fingerprint density at radius 2 is 0.500 bits per heavy atom. The minimum atomic E-state index is 0. The highest BCUT2D eigenvalue weighted by molar-refractivity contribution is 6.14. The van der Waals surface area contributed by atoms with Crippen LogP contribution < -0.4 is 0 Å². The Balaban J connectivity index is 0. The average Bonchev–Trinajstić information content (AvgIpc) is 3.32. The van der Waals surface area contributed by atoms with Gasteiger partial charge in [-0.1, -0.05) is 0 Å². The summed E-state index contributed by atoms with van der Waals surface area (Å²) in [5.74, 6) is 0. The predicted octanol–water partition coefficient (Wildman–Crippen LogP) is 6.11. The Bertz CT molecular complexity index is 863. The fourth-order valence-electron chi connectivity index (χ4n) is 2.83. The molecular formula is C20H18Cl6N4. The van der Waals surface area contributed by atoms with E-state index in [1.54, 1.807) is 0 Å². The molecule has 30 heavy (non-hydrogen) atoms. The van der Waals surface area contributed by atoms with Crippen molar-refractivity contribution in [2.45, 2.75) is 0 Å². The number of allylic oxidation sites excluding steroid dienone is 12. The van der Waals surface area contributed by atoms with E-state index in [0.29, 0.717) is 0 Å². The van der Waals surface area contributed by atoms with E-state index in [0.717, 1.165) is 45.6 Å². The molecule has 0 saturated carbocycles. The van der Waals surface area contributed by atoms with E-state index in [1.807, 2.05) is 72.9 Å². The van der Waals surface area contributed by atoms with E-state index < -0.39 is 0 Å². The molecule has 0 aromatic carbocycles. The molecule has 5 rings (SSSR count). The van der Waals surface area contributed by atoms with Gasteiger partial charge >= 0.3 is 0 Å². The summed E-state index contributed by atoms with van der Waals surface area (Å²) in [7, 11) is 0. The van der Waals surface area contributed by atoms with Gasteiger partial charge in [-0.25, -0.2) is 20.0 Å². The van der Waals surface area contributed by atoms with Gasteiger partial charge in [-0.2, -0.15) is 0 Å². The Labute approximate surface area is 212 Å². The third kappa shape index (κ3) is 6.67. The molecular weight excluding hydrogens is 509 g/mol. The van der Waals surface area contributed by atoms with Crippen molar-refractivity contribution in [3.05, 3.63) is 95.7 Å². The van der Waals surface area contributed by atoms with Crippen LogP contribution in [0.4, 0.5) is 0 Å². The standard InChI is InChI=1S/C20H12N4.6ClH/c1-2-14-10-16-5-6-18(23-16)12-20-8-7-19(24-20)11-17-4-3-15(22-17)9-13(1)21-14;;;;;;/h1-12H;6*1H. The lowest BCUT2D eigenvalue weighted by Crippen LogP contribution is -1.89. The molecule has 5 heterocycles. The molecule has 5 aliphatic heterocycles. The van der Waals surface area contributed by atoms with Crippen LogP contribution in [0.5, 0.6) is 0 Å². The summed E-state index contributed by atoms with van der Waals surface area (Å²) in [6.45, 7) is 0. The van der Waals surface area contributed by atoms with Gasteiger partial charge < -0.3 is 0 Å². The first-order valence-electron chi connectivity index (χ1n) is 7.74. The van der Waals surface area contributed by atoms with Crippen molar-refractivity contribution >= 4 is 97.3 Å². The highest BCUT2D eigenvalue weighted by atomic mass is 35.5. The second-order valence-electron chi connectivity index (χ2n) is 5.76. The van der Waals surface area contributed by atoms with Crippen molar-refractivity contribution in [2.75, 3.05) is 0 Å². The monoisotopic (exact) mass is 524 g/mol. The molecule has 5 aliphatic rings. The van der Waals surface area contributed by atoms with E-state index in [9.17, 15) is 0 Å². The summed E-state index contributed by atoms with van der Waals surface area (Å²) in [4.78, 5) is 18.4. The van der Waals surface area contributed by atoms with Gasteiger partial charge in [-0.05, 0) is 72.9 Å². The lowest BCUT2D eigenvalue weighted by Gasteiger charge is -1.94. The van der Waals surface area contributed by atoms with Crippen molar-refractivity contribution < 1.29 is 0 Å². The topological polar surface area (TPSA) is 49.4 Å². The van der Waals surface area contributed by atoms with Gasteiger partial charge in [0.05, 0.1) is 45.6 Å². The summed E-state index contributed by atoms with van der Waals surface area (Å²) >= 11 is 0. The third-order valence-corrected chi connectivity index (χ3v) is 3.92. The van der Waals surface area contributed by atoms with Crippen LogP contribution in [0.1, 0.15) is 0 Å². The number of hydrogen-bond acceptors (Lipinski definition) is 4. The van der Waals surface area contributed by atoms with Crippen LogP contribution in [0, 0.1) is 0 Å². The van der Waals surface area contributed by atoms with Gasteiger partial charge in [0.25, 0.3) is 0 Å². The summed E-state index contributed by atoms with van der Waals surface area (Å²) < 4.78 is 0. The fraction of sp³-hybridized carbons (Fsp3) is 0. The van der Waals surface area contributed by atoms with E-state index in [4.69, 9.17) is 0 Å². The molecule has 0 radical (unpaired) electrons. The number of halogens is 6. The molecule has 0 fully saturated rings. The van der Waals surface area contributed by atoms with Gasteiger partial charge in [0.1, 0.15) is 0 Å². The molecule has 0 saturated heterocycles. The van der Waals surface area contributed by atoms with Crippen LogP contribution in [0.3, 0.4) is 0 Å². The van der Waals surface area contributed by atoms with Gasteiger partial charge in [0, 0.05) is 0 Å². The average molecular weight is 527 g/mol. The normalized spacial score (nSPS) is 18.1. The number of nitrogens with zero attached hydrogens (tertiary/aromatic N) is 4. The highest BCUT2D eigenvalue weighted by Gasteiger charge is 2.11. The molecule has 8 bridgehead atoms. The number of rotatable bonds is 0. The van der Waals surface area contributed by atoms with E-state index in [-0.39, 0.29) is 74.4 Å². The minimum absolute atomic E-state index is 0. The van der Waals surface area contributed by atoms with Crippen LogP contribution in [0.15, 0.2) is 116 Å². The van der Waals surface area contributed by atoms with Crippen molar-refractivity contribution in [3.63, 3.8) is 0 Å². The zero-order chi connectivity index (χ0) is 15.9. The zero-order valence-electron chi connectivity index (χ0n) is 15.2. The van der Waals surface area contributed by atoms with Crippen LogP contribution in [0.2, 0.25) is 0 Å². The molecule has 0 spiro atoms. The van der Waals surface area contributed by atoms with Crippen molar-refractivity contribution in [2.24, 2.45) is 20.0 Å². The molecule has 0 atom stereocenters. The molecule has 0 N–H and O–H groups in total. The molecule has 0 aliphatic carbocycles. The summed E-state index contributed by atoms with van der Waals surface area (Å²) in [6.07, 6.45) is 23.8. The summed E-state index contributed by atoms with van der Waals surface area (Å²) in [6, 6.07) is 0. The first-order valence-corrected chi connectivity index (χ1v) is 7.74. The van der Waals surface area contributed by atoms with Gasteiger partial charge in [0.15, 0.2) is 0 Å². The van der Waals surface area contributed by atoms with E-state index in [1.165, 1.54) is 0 Å². The lowest BCUT2D eigenvalue weighted by atomic mass is 10.2. The van der Waals surface area contributed by atoms with Crippen molar-refractivity contribution in [1.29, 1.82) is 0 Å². The lowest BCUT2D eigenvalue weighted by molar-refractivity contribution is 1.41. The van der Waals surface area contributed by atoms with Crippen LogP contribution in [-0.4, -0.2) is 22.8 Å². The Morgan fingerprint density at radius 3 is 0.700 bits per heavy atom. The fourth-order valence-corrected chi connectivity index (χ4v) is 2.83. The molecule has 0 unspecified atom stereocenters. The number of aliphatic imine (C=N–C) groups is 4. The molecule has 0 aromatic heterocycles. The Morgan fingerprint density at radius 1 is 0.300 bits per heavy atom. The molecule has 0 aromatic rings. The quantitative estimate of drug-likeness (QED) is 0.366. The molecule has 0 amide bonds. The summed E-state index contributed by atoms with van der Waals surface area (Å²) in [5, 5.41) is 0. The van der Waals surface area contributed by atoms with E-state index >= 15 is 0 Å². The van der Waals surface area contributed by atoms with Crippen molar-refractivity contribution in [3.8, 4) is 0 Å².